The van der Waals surface area contributed by atoms with E-state index in [2.05, 4.69) is 0 Å². The number of rotatable bonds is 12. The molecule has 1 aliphatic heterocycles. The molecule has 0 saturated carbocycles. The number of carbonyl (C=O) groups excluding carboxylic acids is 1. The predicted octanol–water partition coefficient (Wildman–Crippen LogP) is 1.62. The van der Waals surface area contributed by atoms with E-state index in [1.165, 1.54) is 40.7 Å². The molecule has 0 fully saturated rings. The van der Waals surface area contributed by atoms with E-state index in [0.29, 0.717) is 34.5 Å². The standard InChI is InChI=1S/C35H38F2N2O6S.Na/c1-22(2)33-35(46(44,45)38-17-15-23-5-3-4-6-26(23)21-38)32(24-7-11-27(36)12-8-24)34(25-9-13-28(37)14-10-25)39(33)18-16-29(40)19-30(41)20-31(42)43;/h3-14,22,29-30,40-41H,15-21H2,1-2H3,(H,42,43);/q;+1/p-1/t29-,30-;/m1./s1. The van der Waals surface area contributed by atoms with Gasteiger partial charge in [0.25, 0.3) is 0 Å². The molecule has 0 radical (unpaired) electrons. The fourth-order valence-electron chi connectivity index (χ4n) is 6.26. The number of aliphatic hydroxyl groups is 2. The molecule has 1 aliphatic rings. The Morgan fingerprint density at radius 2 is 1.47 bits per heavy atom. The summed E-state index contributed by atoms with van der Waals surface area (Å²) >= 11 is 0. The van der Waals surface area contributed by atoms with E-state index >= 15 is 0 Å². The maximum Gasteiger partial charge on any atom is 1.00 e. The Kier molecular flexibility index (Phi) is 12.2. The van der Waals surface area contributed by atoms with Crippen LogP contribution in [0.15, 0.2) is 77.7 Å². The number of aliphatic carboxylic acids is 1. The van der Waals surface area contributed by atoms with E-state index in [0.717, 1.165) is 11.1 Å². The zero-order valence-corrected chi connectivity index (χ0v) is 29.5. The molecule has 244 valence electrons. The molecule has 2 atom stereocenters. The molecule has 8 nitrogen and oxygen atoms in total. The van der Waals surface area contributed by atoms with E-state index in [9.17, 15) is 37.3 Å². The number of hydrogen-bond donors (Lipinski definition) is 2. The molecule has 0 unspecified atom stereocenters. The molecule has 5 rings (SSSR count). The van der Waals surface area contributed by atoms with E-state index < -0.39 is 46.3 Å². The number of carbonyl (C=O) groups is 1. The molecule has 0 bridgehead atoms. The predicted molar refractivity (Wildman–Crippen MR) is 168 cm³/mol. The first kappa shape index (κ1) is 36.9. The van der Waals surface area contributed by atoms with E-state index in [1.807, 2.05) is 38.1 Å². The van der Waals surface area contributed by atoms with Crippen molar-refractivity contribution in [2.75, 3.05) is 6.54 Å². The van der Waals surface area contributed by atoms with Crippen molar-refractivity contribution in [2.24, 2.45) is 0 Å². The number of sulfonamides is 1. The average Bonchev–Trinajstić information content (AvgIpc) is 3.36. The summed E-state index contributed by atoms with van der Waals surface area (Å²) < 4.78 is 61.3. The first-order valence-electron chi connectivity index (χ1n) is 15.3. The maximum absolute atomic E-state index is 14.9. The molecular weight excluding hydrogens is 637 g/mol. The summed E-state index contributed by atoms with van der Waals surface area (Å²) in [4.78, 5) is 11.0. The van der Waals surface area contributed by atoms with Gasteiger partial charge in [-0.2, -0.15) is 4.31 Å². The van der Waals surface area contributed by atoms with Gasteiger partial charge in [0.15, 0.2) is 0 Å². The molecule has 2 heterocycles. The van der Waals surface area contributed by atoms with Crippen LogP contribution in [0, 0.1) is 11.6 Å². The van der Waals surface area contributed by atoms with Crippen molar-refractivity contribution in [3.63, 3.8) is 0 Å². The smallest absolute Gasteiger partial charge is 0.550 e. The number of benzene rings is 3. The Morgan fingerprint density at radius 1 is 0.894 bits per heavy atom. The van der Waals surface area contributed by atoms with Gasteiger partial charge in [-0.3, -0.25) is 0 Å². The summed E-state index contributed by atoms with van der Waals surface area (Å²) in [5.41, 5.74) is 4.19. The zero-order chi connectivity index (χ0) is 33.2. The number of fused-ring (bicyclic) bond motifs is 1. The van der Waals surface area contributed by atoms with Gasteiger partial charge in [0, 0.05) is 43.3 Å². The van der Waals surface area contributed by atoms with Gasteiger partial charge in [0.1, 0.15) is 16.5 Å². The van der Waals surface area contributed by atoms with Crippen LogP contribution in [0.3, 0.4) is 0 Å². The molecule has 12 heteroatoms. The van der Waals surface area contributed by atoms with Crippen molar-refractivity contribution in [1.29, 1.82) is 0 Å². The molecule has 0 aliphatic carbocycles. The number of carboxylic acids is 1. The molecule has 3 aromatic carbocycles. The number of halogens is 2. The summed E-state index contributed by atoms with van der Waals surface area (Å²) in [5, 5.41) is 31.8. The molecule has 2 N–H and O–H groups in total. The number of carboxylic acid groups (broad SMARTS) is 1. The number of hydrogen-bond acceptors (Lipinski definition) is 6. The Bertz CT molecular complexity index is 1810. The third kappa shape index (κ3) is 8.22. The SMILES string of the molecule is CC(C)c1c(S(=O)(=O)N2CCc3ccccc3C2)c(-c2ccc(F)cc2)c(-c2ccc(F)cc2)n1CC[C@@H](O)C[C@@H](O)CC(=O)[O-].[Na+]. The second-order valence-corrected chi connectivity index (χ2v) is 13.9. The van der Waals surface area contributed by atoms with E-state index in [-0.39, 0.29) is 72.8 Å². The Hall–Kier alpha value is -2.90. The molecule has 47 heavy (non-hydrogen) atoms. The van der Waals surface area contributed by atoms with Crippen molar-refractivity contribution < 1.29 is 66.9 Å². The molecule has 1 aromatic heterocycles. The first-order valence-corrected chi connectivity index (χ1v) is 16.7. The van der Waals surface area contributed by atoms with Crippen LogP contribution in [0.1, 0.15) is 55.8 Å². The summed E-state index contributed by atoms with van der Waals surface area (Å²) in [6, 6.07) is 18.9. The van der Waals surface area contributed by atoms with Gasteiger partial charge in [-0.1, -0.05) is 50.2 Å². The number of aromatic nitrogens is 1. The molecule has 0 amide bonds. The van der Waals surface area contributed by atoms with Crippen molar-refractivity contribution in [2.45, 2.75) is 75.6 Å². The fraction of sp³-hybridized carbons (Fsp3) is 0.343. The van der Waals surface area contributed by atoms with Crippen LogP contribution in [0.25, 0.3) is 22.4 Å². The van der Waals surface area contributed by atoms with Gasteiger partial charge < -0.3 is 24.7 Å². The second kappa shape index (κ2) is 15.5. The minimum absolute atomic E-state index is 0. The van der Waals surface area contributed by atoms with Crippen molar-refractivity contribution in [3.05, 3.63) is 101 Å². The van der Waals surface area contributed by atoms with Gasteiger partial charge in [0.2, 0.25) is 10.0 Å². The van der Waals surface area contributed by atoms with Gasteiger partial charge in [0.05, 0.1) is 17.9 Å². The second-order valence-electron chi connectivity index (χ2n) is 12.0. The van der Waals surface area contributed by atoms with Crippen molar-refractivity contribution >= 4 is 16.0 Å². The van der Waals surface area contributed by atoms with Crippen LogP contribution >= 0.6 is 0 Å². The number of nitrogens with zero attached hydrogens (tertiary/aromatic N) is 2. The van der Waals surface area contributed by atoms with Gasteiger partial charge >= 0.3 is 29.6 Å². The van der Waals surface area contributed by atoms with E-state index in [4.69, 9.17) is 0 Å². The van der Waals surface area contributed by atoms with Gasteiger partial charge in [-0.05, 0) is 83.8 Å². The third-order valence-electron chi connectivity index (χ3n) is 8.38. The third-order valence-corrected chi connectivity index (χ3v) is 10.3. The number of aliphatic hydroxyl groups excluding tert-OH is 2. The summed E-state index contributed by atoms with van der Waals surface area (Å²) in [6.45, 7) is 4.24. The Balaban J connectivity index is 0.00000500. The molecule has 0 spiro atoms. The summed E-state index contributed by atoms with van der Waals surface area (Å²) in [7, 11) is -4.19. The van der Waals surface area contributed by atoms with Crippen LogP contribution in [-0.4, -0.2) is 52.2 Å². The quantitative estimate of drug-likeness (QED) is 0.221. The van der Waals surface area contributed by atoms with Gasteiger partial charge in [-0.15, -0.1) is 0 Å². The fourth-order valence-corrected chi connectivity index (χ4v) is 8.24. The van der Waals surface area contributed by atoms with Crippen LogP contribution < -0.4 is 34.7 Å². The molecule has 0 saturated heterocycles. The molecule has 4 aromatic rings. The first-order chi connectivity index (χ1) is 21.9. The average molecular weight is 675 g/mol. The van der Waals surface area contributed by atoms with Crippen LogP contribution in [0.5, 0.6) is 0 Å². The van der Waals surface area contributed by atoms with E-state index in [1.54, 1.807) is 16.7 Å². The van der Waals surface area contributed by atoms with Crippen molar-refractivity contribution in [1.82, 2.24) is 8.87 Å². The van der Waals surface area contributed by atoms with Crippen LogP contribution in [0.4, 0.5) is 8.78 Å². The van der Waals surface area contributed by atoms with Gasteiger partial charge in [-0.25, -0.2) is 17.2 Å². The summed E-state index contributed by atoms with van der Waals surface area (Å²) in [6.07, 6.45) is -2.71. The molecular formula is C35H37F2N2NaO6S. The minimum Gasteiger partial charge on any atom is -0.550 e. The topological polar surface area (TPSA) is 123 Å². The maximum atomic E-state index is 14.9. The Morgan fingerprint density at radius 3 is 2.04 bits per heavy atom. The van der Waals surface area contributed by atoms with Crippen LogP contribution in [-0.2, 0) is 34.3 Å². The minimum atomic E-state index is -4.19. The van der Waals surface area contributed by atoms with Crippen LogP contribution in [0.2, 0.25) is 0 Å². The normalized spacial score (nSPS) is 14.8. The largest absolute Gasteiger partial charge is 1.00 e. The monoisotopic (exact) mass is 674 g/mol. The summed E-state index contributed by atoms with van der Waals surface area (Å²) in [5.74, 6) is -2.77. The Labute approximate surface area is 296 Å². The zero-order valence-electron chi connectivity index (χ0n) is 26.7. The van der Waals surface area contributed by atoms with Crippen molar-refractivity contribution in [3.8, 4) is 22.4 Å².